The van der Waals surface area contributed by atoms with Crippen LogP contribution in [0.4, 0.5) is 0 Å². The molecule has 2 rings (SSSR count). The Morgan fingerprint density at radius 2 is 1.94 bits per heavy atom. The average molecular weight is 305 g/mol. The van der Waals surface area contributed by atoms with Crippen molar-refractivity contribution in [3.63, 3.8) is 0 Å². The number of thiol groups is 1. The summed E-state index contributed by atoms with van der Waals surface area (Å²) in [4.78, 5) is 12.4. The van der Waals surface area contributed by atoms with Crippen LogP contribution >= 0.6 is 47.2 Å². The number of hydrogen-bond donors (Lipinski definition) is 2. The van der Waals surface area contributed by atoms with Gasteiger partial charge in [0.25, 0.3) is 0 Å². The van der Waals surface area contributed by atoms with Crippen molar-refractivity contribution in [3.8, 4) is 10.4 Å². The van der Waals surface area contributed by atoms with E-state index >= 15 is 0 Å². The Balaban J connectivity index is 2.52. The number of aromatic carboxylic acids is 1. The summed E-state index contributed by atoms with van der Waals surface area (Å²) >= 11 is 17.3. The van der Waals surface area contributed by atoms with Gasteiger partial charge in [-0.3, -0.25) is 0 Å². The molecule has 6 heteroatoms. The zero-order chi connectivity index (χ0) is 12.6. The summed E-state index contributed by atoms with van der Waals surface area (Å²) in [5.74, 6) is -0.950. The molecule has 0 aliphatic rings. The number of carboxylic acid groups (broad SMARTS) is 1. The molecule has 0 aliphatic carbocycles. The van der Waals surface area contributed by atoms with Crippen molar-refractivity contribution in [2.45, 2.75) is 4.90 Å². The molecule has 1 aromatic carbocycles. The summed E-state index contributed by atoms with van der Waals surface area (Å²) in [5.41, 5.74) is 0.715. The molecule has 2 nitrogen and oxygen atoms in total. The van der Waals surface area contributed by atoms with Crippen molar-refractivity contribution in [1.82, 2.24) is 0 Å². The first-order valence-corrected chi connectivity index (χ1v) is 6.52. The number of halogens is 2. The maximum absolute atomic E-state index is 10.8. The van der Waals surface area contributed by atoms with Gasteiger partial charge < -0.3 is 5.11 Å². The molecule has 0 saturated heterocycles. The molecule has 17 heavy (non-hydrogen) atoms. The highest BCUT2D eigenvalue weighted by Gasteiger charge is 2.12. The summed E-state index contributed by atoms with van der Waals surface area (Å²) in [6, 6.07) is 6.58. The lowest BCUT2D eigenvalue weighted by atomic mass is 10.2. The van der Waals surface area contributed by atoms with Crippen molar-refractivity contribution < 1.29 is 9.90 Å². The molecule has 0 bridgehead atoms. The Hall–Kier alpha value is -0.680. The minimum absolute atomic E-state index is 0.266. The number of hydrogen-bond acceptors (Lipinski definition) is 3. The second-order valence-corrected chi connectivity index (χ2v) is 5.63. The average Bonchev–Trinajstić information content (AvgIpc) is 2.72. The highest BCUT2D eigenvalue weighted by atomic mass is 35.5. The first kappa shape index (κ1) is 12.8. The molecule has 0 amide bonds. The van der Waals surface area contributed by atoms with Crippen molar-refractivity contribution >= 4 is 53.1 Å². The predicted octanol–water partition coefficient (Wildman–Crippen LogP) is 4.71. The van der Waals surface area contributed by atoms with E-state index in [1.165, 1.54) is 0 Å². The molecule has 1 aromatic heterocycles. The third-order valence-electron chi connectivity index (χ3n) is 2.12. The van der Waals surface area contributed by atoms with E-state index in [-0.39, 0.29) is 4.88 Å². The first-order chi connectivity index (χ1) is 7.99. The van der Waals surface area contributed by atoms with E-state index in [1.807, 2.05) is 0 Å². The third kappa shape index (κ3) is 2.60. The van der Waals surface area contributed by atoms with Crippen LogP contribution in [-0.4, -0.2) is 11.1 Å². The van der Waals surface area contributed by atoms with Gasteiger partial charge in [0, 0.05) is 15.3 Å². The third-order valence-corrected chi connectivity index (χ3v) is 4.35. The van der Waals surface area contributed by atoms with Crippen LogP contribution in [0.2, 0.25) is 10.0 Å². The molecule has 0 radical (unpaired) electrons. The quantitative estimate of drug-likeness (QED) is 0.789. The van der Waals surface area contributed by atoms with Gasteiger partial charge in [0.1, 0.15) is 4.88 Å². The molecule has 0 unspecified atom stereocenters. The fourth-order valence-corrected chi connectivity index (χ4v) is 2.95. The summed E-state index contributed by atoms with van der Waals surface area (Å²) in [6.07, 6.45) is 0. The van der Waals surface area contributed by atoms with Gasteiger partial charge in [-0.05, 0) is 24.3 Å². The lowest BCUT2D eigenvalue weighted by molar-refractivity contribution is 0.0702. The first-order valence-electron chi connectivity index (χ1n) is 4.50. The normalized spacial score (nSPS) is 10.5. The number of thiophene rings is 1. The van der Waals surface area contributed by atoms with E-state index in [0.29, 0.717) is 20.5 Å². The van der Waals surface area contributed by atoms with Gasteiger partial charge in [-0.25, -0.2) is 4.79 Å². The molecule has 88 valence electrons. The molecule has 0 saturated carbocycles. The Kier molecular flexibility index (Phi) is 3.68. The number of carbonyl (C=O) groups is 1. The Morgan fingerprint density at radius 1 is 1.24 bits per heavy atom. The zero-order valence-corrected chi connectivity index (χ0v) is 11.5. The fourth-order valence-electron chi connectivity index (χ4n) is 1.32. The standard InChI is InChI=1S/C11H6Cl2O2S2/c12-6-4-8(16)7(13)3-5(6)9-1-2-10(17-9)11(14)15/h1-4,16H,(H,14,15). The van der Waals surface area contributed by atoms with E-state index in [4.69, 9.17) is 28.3 Å². The van der Waals surface area contributed by atoms with Gasteiger partial charge in [-0.15, -0.1) is 24.0 Å². The van der Waals surface area contributed by atoms with Crippen LogP contribution in [0, 0.1) is 0 Å². The smallest absolute Gasteiger partial charge is 0.345 e. The summed E-state index contributed by atoms with van der Waals surface area (Å²) < 4.78 is 0. The van der Waals surface area contributed by atoms with Crippen molar-refractivity contribution in [3.05, 3.63) is 39.2 Å². The van der Waals surface area contributed by atoms with Gasteiger partial charge in [0.05, 0.1) is 10.0 Å². The van der Waals surface area contributed by atoms with Crippen LogP contribution < -0.4 is 0 Å². The summed E-state index contributed by atoms with van der Waals surface area (Å²) in [6.45, 7) is 0. The largest absolute Gasteiger partial charge is 0.477 e. The van der Waals surface area contributed by atoms with Crippen LogP contribution in [0.1, 0.15) is 9.67 Å². The van der Waals surface area contributed by atoms with Crippen LogP contribution in [0.5, 0.6) is 0 Å². The van der Waals surface area contributed by atoms with Gasteiger partial charge in [-0.2, -0.15) is 0 Å². The van der Waals surface area contributed by atoms with E-state index in [0.717, 1.165) is 16.2 Å². The van der Waals surface area contributed by atoms with E-state index in [9.17, 15) is 4.79 Å². The minimum Gasteiger partial charge on any atom is -0.477 e. The maximum Gasteiger partial charge on any atom is 0.345 e. The molecule has 0 atom stereocenters. The highest BCUT2D eigenvalue weighted by molar-refractivity contribution is 7.80. The van der Waals surface area contributed by atoms with Crippen molar-refractivity contribution in [2.24, 2.45) is 0 Å². The van der Waals surface area contributed by atoms with Crippen LogP contribution in [0.15, 0.2) is 29.2 Å². The minimum atomic E-state index is -0.950. The van der Waals surface area contributed by atoms with Gasteiger partial charge in [0.15, 0.2) is 0 Å². The highest BCUT2D eigenvalue weighted by Crippen LogP contribution is 2.37. The van der Waals surface area contributed by atoms with E-state index < -0.39 is 5.97 Å². The van der Waals surface area contributed by atoms with Gasteiger partial charge >= 0.3 is 5.97 Å². The monoisotopic (exact) mass is 304 g/mol. The SMILES string of the molecule is O=C(O)c1ccc(-c2cc(Cl)c(S)cc2Cl)s1. The van der Waals surface area contributed by atoms with E-state index in [2.05, 4.69) is 12.6 Å². The van der Waals surface area contributed by atoms with E-state index in [1.54, 1.807) is 24.3 Å². The molecule has 2 aromatic rings. The molecule has 0 aliphatic heterocycles. The lowest BCUT2D eigenvalue weighted by Crippen LogP contribution is -1.89. The Labute approximate surface area is 117 Å². The fraction of sp³-hybridized carbons (Fsp3) is 0. The van der Waals surface area contributed by atoms with Gasteiger partial charge in [-0.1, -0.05) is 23.2 Å². The van der Waals surface area contributed by atoms with Crippen LogP contribution in [0.3, 0.4) is 0 Å². The number of benzene rings is 1. The van der Waals surface area contributed by atoms with Crippen molar-refractivity contribution in [1.29, 1.82) is 0 Å². The topological polar surface area (TPSA) is 37.3 Å². The Bertz CT molecular complexity index is 593. The molecule has 1 heterocycles. The summed E-state index contributed by atoms with van der Waals surface area (Å²) in [7, 11) is 0. The molecular weight excluding hydrogens is 299 g/mol. The van der Waals surface area contributed by atoms with Crippen LogP contribution in [-0.2, 0) is 0 Å². The second-order valence-electron chi connectivity index (χ2n) is 3.25. The second kappa shape index (κ2) is 4.90. The predicted molar refractivity (Wildman–Crippen MR) is 74.0 cm³/mol. The number of carboxylic acids is 1. The summed E-state index contributed by atoms with van der Waals surface area (Å²) in [5, 5.41) is 9.83. The lowest BCUT2D eigenvalue weighted by Gasteiger charge is -2.04. The van der Waals surface area contributed by atoms with Crippen LogP contribution in [0.25, 0.3) is 10.4 Å². The van der Waals surface area contributed by atoms with Gasteiger partial charge in [0.2, 0.25) is 0 Å². The number of rotatable bonds is 2. The molecule has 1 N–H and O–H groups in total. The molecule has 0 spiro atoms. The molecular formula is C11H6Cl2O2S2. The molecule has 0 fully saturated rings. The Morgan fingerprint density at radius 3 is 2.53 bits per heavy atom. The maximum atomic E-state index is 10.8. The zero-order valence-electron chi connectivity index (χ0n) is 8.28. The van der Waals surface area contributed by atoms with Crippen molar-refractivity contribution in [2.75, 3.05) is 0 Å².